The van der Waals surface area contributed by atoms with Crippen molar-refractivity contribution in [1.82, 2.24) is 24.5 Å². The molecule has 172 valence electrons. The van der Waals surface area contributed by atoms with Crippen LogP contribution in [0.1, 0.15) is 11.4 Å². The van der Waals surface area contributed by atoms with E-state index >= 15 is 0 Å². The van der Waals surface area contributed by atoms with Gasteiger partial charge in [0, 0.05) is 19.5 Å². The number of para-hydroxylation sites is 1. The minimum atomic E-state index is -3.74. The van der Waals surface area contributed by atoms with Crippen molar-refractivity contribution in [2.75, 3.05) is 26.1 Å². The van der Waals surface area contributed by atoms with Gasteiger partial charge in [-0.15, -0.1) is 15.3 Å². The Morgan fingerprint density at radius 3 is 2.48 bits per heavy atom. The second kappa shape index (κ2) is 9.84. The van der Waals surface area contributed by atoms with Crippen molar-refractivity contribution in [2.24, 2.45) is 0 Å². The minimum Gasteiger partial charge on any atom is -0.497 e. The smallest absolute Gasteiger partial charge is 0.244 e. The molecule has 2 heterocycles. The molecule has 0 saturated heterocycles. The quantitative estimate of drug-likeness (QED) is 0.364. The monoisotopic (exact) mass is 468 g/mol. The Bertz CT molecular complexity index is 1340. The molecule has 0 aliphatic carbocycles. The first kappa shape index (κ1) is 22.5. The first-order valence-electron chi connectivity index (χ1n) is 10.2. The van der Waals surface area contributed by atoms with E-state index in [-0.39, 0.29) is 17.2 Å². The second-order valence-electron chi connectivity index (χ2n) is 7.11. The highest BCUT2D eigenvalue weighted by Crippen LogP contribution is 2.22. The summed E-state index contributed by atoms with van der Waals surface area (Å²) < 4.78 is 39.8. The van der Waals surface area contributed by atoms with Crippen molar-refractivity contribution in [3.8, 4) is 11.5 Å². The Labute approximate surface area is 191 Å². The van der Waals surface area contributed by atoms with Gasteiger partial charge in [0.25, 0.3) is 0 Å². The van der Waals surface area contributed by atoms with Crippen LogP contribution in [0.3, 0.4) is 0 Å². The van der Waals surface area contributed by atoms with Crippen LogP contribution in [0.5, 0.6) is 11.5 Å². The van der Waals surface area contributed by atoms with E-state index < -0.39 is 10.0 Å². The molecular formula is C22H24N6O4S. The molecule has 0 bridgehead atoms. The topological polar surface area (TPSA) is 120 Å². The Morgan fingerprint density at radius 2 is 1.73 bits per heavy atom. The SMILES string of the molecule is COc1ccc(CNc2ccc3nnc(CCNS(=O)(=O)c4ccccc4OC)n3n2)cc1. The maximum Gasteiger partial charge on any atom is 0.244 e. The summed E-state index contributed by atoms with van der Waals surface area (Å²) >= 11 is 0. The fourth-order valence-corrected chi connectivity index (χ4v) is 4.44. The van der Waals surface area contributed by atoms with E-state index in [1.807, 2.05) is 30.3 Å². The number of ether oxygens (including phenoxy) is 2. The largest absolute Gasteiger partial charge is 0.497 e. The molecule has 10 nitrogen and oxygen atoms in total. The van der Waals surface area contributed by atoms with Gasteiger partial charge in [0.1, 0.15) is 22.2 Å². The summed E-state index contributed by atoms with van der Waals surface area (Å²) in [6.07, 6.45) is 0.310. The molecule has 0 saturated carbocycles. The summed E-state index contributed by atoms with van der Waals surface area (Å²) in [6, 6.07) is 17.8. The number of methoxy groups -OCH3 is 2. The van der Waals surface area contributed by atoms with Gasteiger partial charge in [-0.3, -0.25) is 0 Å². The summed E-state index contributed by atoms with van der Waals surface area (Å²) in [7, 11) is -0.671. The molecular weight excluding hydrogens is 444 g/mol. The van der Waals surface area contributed by atoms with Crippen LogP contribution in [0.25, 0.3) is 5.65 Å². The second-order valence-corrected chi connectivity index (χ2v) is 8.84. The van der Waals surface area contributed by atoms with Crippen LogP contribution in [0.4, 0.5) is 5.82 Å². The highest BCUT2D eigenvalue weighted by Gasteiger charge is 2.19. The van der Waals surface area contributed by atoms with Crippen LogP contribution in [0.2, 0.25) is 0 Å². The third-order valence-electron chi connectivity index (χ3n) is 4.96. The van der Waals surface area contributed by atoms with Crippen LogP contribution in [-0.4, -0.2) is 49.0 Å². The minimum absolute atomic E-state index is 0.0849. The number of aromatic nitrogens is 4. The summed E-state index contributed by atoms with van der Waals surface area (Å²) in [6.45, 7) is 0.713. The van der Waals surface area contributed by atoms with E-state index in [0.29, 0.717) is 30.3 Å². The van der Waals surface area contributed by atoms with Gasteiger partial charge in [0.15, 0.2) is 11.5 Å². The van der Waals surface area contributed by atoms with Crippen molar-refractivity contribution >= 4 is 21.5 Å². The number of fused-ring (bicyclic) bond motifs is 1. The number of sulfonamides is 1. The molecule has 0 spiro atoms. The van der Waals surface area contributed by atoms with Gasteiger partial charge in [-0.2, -0.15) is 4.52 Å². The number of nitrogens with one attached hydrogen (secondary N) is 2. The van der Waals surface area contributed by atoms with E-state index in [0.717, 1.165) is 11.3 Å². The predicted octanol–water partition coefficient (Wildman–Crippen LogP) is 2.27. The molecule has 11 heteroatoms. The number of anilines is 1. The van der Waals surface area contributed by atoms with Crippen molar-refractivity contribution in [1.29, 1.82) is 0 Å². The molecule has 0 fully saturated rings. The van der Waals surface area contributed by atoms with Gasteiger partial charge in [0.05, 0.1) is 14.2 Å². The molecule has 0 aliphatic rings. The summed E-state index contributed by atoms with van der Waals surface area (Å²) in [5.41, 5.74) is 1.65. The maximum atomic E-state index is 12.7. The molecule has 0 radical (unpaired) electrons. The van der Waals surface area contributed by atoms with Gasteiger partial charge in [-0.25, -0.2) is 13.1 Å². The van der Waals surface area contributed by atoms with E-state index in [1.54, 1.807) is 35.9 Å². The molecule has 0 amide bonds. The Balaban J connectivity index is 1.42. The lowest BCUT2D eigenvalue weighted by atomic mass is 10.2. The number of benzene rings is 2. The number of hydrogen-bond donors (Lipinski definition) is 2. The van der Waals surface area contributed by atoms with E-state index in [4.69, 9.17) is 9.47 Å². The third-order valence-corrected chi connectivity index (χ3v) is 6.46. The standard InChI is InChI=1S/C22H24N6O4S/c1-31-17-9-7-16(8-10-17)15-23-20-11-12-21-25-26-22(28(21)27-20)13-14-24-33(29,30)19-6-4-3-5-18(19)32-2/h3-12,24H,13-15H2,1-2H3,(H,23,27). The van der Waals surface area contributed by atoms with Crippen LogP contribution in [-0.2, 0) is 23.0 Å². The molecule has 2 aromatic heterocycles. The van der Waals surface area contributed by atoms with Gasteiger partial charge < -0.3 is 14.8 Å². The predicted molar refractivity (Wildman–Crippen MR) is 123 cm³/mol. The normalized spacial score (nSPS) is 11.5. The Hall–Kier alpha value is -3.70. The molecule has 0 unspecified atom stereocenters. The molecule has 4 aromatic rings. The fraction of sp³-hybridized carbons (Fsp3) is 0.227. The average molecular weight is 469 g/mol. The van der Waals surface area contributed by atoms with Crippen LogP contribution in [0, 0.1) is 0 Å². The number of nitrogens with zero attached hydrogens (tertiary/aromatic N) is 4. The molecule has 0 atom stereocenters. The highest BCUT2D eigenvalue weighted by molar-refractivity contribution is 7.89. The van der Waals surface area contributed by atoms with Gasteiger partial charge in [-0.05, 0) is 42.0 Å². The van der Waals surface area contributed by atoms with E-state index in [1.165, 1.54) is 13.2 Å². The maximum absolute atomic E-state index is 12.7. The first-order valence-corrected chi connectivity index (χ1v) is 11.7. The molecule has 4 rings (SSSR count). The zero-order valence-corrected chi connectivity index (χ0v) is 19.0. The lowest BCUT2D eigenvalue weighted by molar-refractivity contribution is 0.402. The molecule has 33 heavy (non-hydrogen) atoms. The van der Waals surface area contributed by atoms with Crippen LogP contribution >= 0.6 is 0 Å². The summed E-state index contributed by atoms with van der Waals surface area (Å²) in [5, 5.41) is 16.1. The average Bonchev–Trinajstić information content (AvgIpc) is 3.25. The molecule has 0 aliphatic heterocycles. The van der Waals surface area contributed by atoms with Gasteiger partial charge >= 0.3 is 0 Å². The molecule has 2 N–H and O–H groups in total. The fourth-order valence-electron chi connectivity index (χ4n) is 3.24. The lowest BCUT2D eigenvalue weighted by Gasteiger charge is -2.10. The zero-order valence-electron chi connectivity index (χ0n) is 18.2. The highest BCUT2D eigenvalue weighted by atomic mass is 32.2. The van der Waals surface area contributed by atoms with Crippen LogP contribution < -0.4 is 19.5 Å². The Morgan fingerprint density at radius 1 is 0.939 bits per heavy atom. The van der Waals surface area contributed by atoms with Crippen molar-refractivity contribution in [3.05, 3.63) is 72.1 Å². The third kappa shape index (κ3) is 5.21. The first-order chi connectivity index (χ1) is 16.0. The van der Waals surface area contributed by atoms with Gasteiger partial charge in [-0.1, -0.05) is 24.3 Å². The van der Waals surface area contributed by atoms with E-state index in [9.17, 15) is 8.42 Å². The van der Waals surface area contributed by atoms with Crippen molar-refractivity contribution in [3.63, 3.8) is 0 Å². The summed E-state index contributed by atoms with van der Waals surface area (Å²) in [5.74, 6) is 2.27. The summed E-state index contributed by atoms with van der Waals surface area (Å²) in [4.78, 5) is 0.0849. The van der Waals surface area contributed by atoms with Crippen molar-refractivity contribution < 1.29 is 17.9 Å². The molecule has 2 aromatic carbocycles. The van der Waals surface area contributed by atoms with Crippen LogP contribution in [0.15, 0.2) is 65.6 Å². The van der Waals surface area contributed by atoms with E-state index in [2.05, 4.69) is 25.3 Å². The van der Waals surface area contributed by atoms with Crippen molar-refractivity contribution in [2.45, 2.75) is 17.9 Å². The Kier molecular flexibility index (Phi) is 6.71. The zero-order chi connectivity index (χ0) is 23.3. The number of hydrogen-bond acceptors (Lipinski definition) is 8. The number of rotatable bonds is 10. The van der Waals surface area contributed by atoms with Gasteiger partial charge in [0.2, 0.25) is 10.0 Å². The lowest BCUT2D eigenvalue weighted by Crippen LogP contribution is -2.27.